The first-order valence-corrected chi connectivity index (χ1v) is 10.8. The number of H-pyrrole nitrogens is 2. The Balaban J connectivity index is 1.36. The minimum Gasteiger partial charge on any atom is -0.321 e. The standard InChI is InChI=1S/C21H16N6O3S/c28-21(20-16-10-11-18-17(12-22-24-18)19(16)25-26-20)23-13-6-8-15(9-7-13)31(29,30)27-14-4-2-1-3-5-14/h1-12,27H,(H,22,24)(H,23,28)(H,25,26). The van der Waals surface area contributed by atoms with Crippen LogP contribution in [-0.2, 0) is 10.0 Å². The van der Waals surface area contributed by atoms with Gasteiger partial charge in [-0.25, -0.2) is 8.42 Å². The average Bonchev–Trinajstić information content (AvgIpc) is 3.41. The van der Waals surface area contributed by atoms with Crippen LogP contribution in [0.4, 0.5) is 11.4 Å². The van der Waals surface area contributed by atoms with Gasteiger partial charge in [0.05, 0.1) is 16.6 Å². The minimum absolute atomic E-state index is 0.0868. The number of carbonyl (C=O) groups excluding carboxylic acids is 1. The van der Waals surface area contributed by atoms with Gasteiger partial charge in [-0.3, -0.25) is 19.7 Å². The number of amides is 1. The van der Waals surface area contributed by atoms with Crippen molar-refractivity contribution in [2.75, 3.05) is 10.0 Å². The Morgan fingerprint density at radius 1 is 0.839 bits per heavy atom. The molecule has 0 radical (unpaired) electrons. The lowest BCUT2D eigenvalue weighted by Gasteiger charge is -2.09. The van der Waals surface area contributed by atoms with Crippen molar-refractivity contribution < 1.29 is 13.2 Å². The Hall–Kier alpha value is -4.18. The maximum atomic E-state index is 12.8. The predicted molar refractivity (Wildman–Crippen MR) is 117 cm³/mol. The SMILES string of the molecule is O=C(Nc1ccc(S(=O)(=O)Nc2ccccc2)cc1)c1[nH]nc2c1ccc1[nH]ncc12. The molecule has 2 aromatic heterocycles. The van der Waals surface area contributed by atoms with Crippen LogP contribution in [0.15, 0.2) is 77.8 Å². The summed E-state index contributed by atoms with van der Waals surface area (Å²) in [6.07, 6.45) is 1.66. The Kier molecular flexibility index (Phi) is 4.41. The first-order chi connectivity index (χ1) is 15.0. The van der Waals surface area contributed by atoms with Gasteiger partial charge in [-0.1, -0.05) is 18.2 Å². The second-order valence-electron chi connectivity index (χ2n) is 6.84. The van der Waals surface area contributed by atoms with Crippen LogP contribution in [0.5, 0.6) is 0 Å². The van der Waals surface area contributed by atoms with Gasteiger partial charge >= 0.3 is 0 Å². The fraction of sp³-hybridized carbons (Fsp3) is 0. The van der Waals surface area contributed by atoms with Crippen molar-refractivity contribution in [3.8, 4) is 0 Å². The maximum Gasteiger partial charge on any atom is 0.274 e. The molecule has 5 rings (SSSR count). The van der Waals surface area contributed by atoms with Crippen LogP contribution in [-0.4, -0.2) is 34.7 Å². The van der Waals surface area contributed by atoms with Crippen LogP contribution < -0.4 is 10.0 Å². The molecule has 0 saturated carbocycles. The number of para-hydroxylation sites is 1. The van der Waals surface area contributed by atoms with E-state index in [0.29, 0.717) is 28.0 Å². The molecular weight excluding hydrogens is 416 g/mol. The highest BCUT2D eigenvalue weighted by atomic mass is 32.2. The Morgan fingerprint density at radius 2 is 1.61 bits per heavy atom. The number of aromatic nitrogens is 4. The highest BCUT2D eigenvalue weighted by Crippen LogP contribution is 2.25. The summed E-state index contributed by atoms with van der Waals surface area (Å²) in [5, 5.41) is 18.1. The molecule has 0 atom stereocenters. The molecule has 4 N–H and O–H groups in total. The number of nitrogens with one attached hydrogen (secondary N) is 4. The Bertz CT molecular complexity index is 1510. The molecule has 3 aromatic carbocycles. The van der Waals surface area contributed by atoms with Crippen molar-refractivity contribution in [2.45, 2.75) is 4.90 Å². The quantitative estimate of drug-likeness (QED) is 0.337. The average molecular weight is 432 g/mol. The summed E-state index contributed by atoms with van der Waals surface area (Å²) in [6.45, 7) is 0. The van der Waals surface area contributed by atoms with Crippen LogP contribution in [0.2, 0.25) is 0 Å². The van der Waals surface area contributed by atoms with E-state index in [1.165, 1.54) is 24.3 Å². The largest absolute Gasteiger partial charge is 0.321 e. The van der Waals surface area contributed by atoms with Gasteiger partial charge in [-0.2, -0.15) is 10.2 Å². The van der Waals surface area contributed by atoms with Crippen molar-refractivity contribution in [3.63, 3.8) is 0 Å². The second kappa shape index (κ2) is 7.26. The summed E-state index contributed by atoms with van der Waals surface area (Å²) < 4.78 is 27.6. The molecule has 0 aliphatic carbocycles. The number of hydrogen-bond acceptors (Lipinski definition) is 5. The number of rotatable bonds is 5. The molecule has 0 bridgehead atoms. The van der Waals surface area contributed by atoms with Gasteiger partial charge in [0.1, 0.15) is 11.2 Å². The Labute approximate surface area is 176 Å². The molecule has 9 nitrogen and oxygen atoms in total. The Morgan fingerprint density at radius 3 is 2.39 bits per heavy atom. The van der Waals surface area contributed by atoms with Gasteiger partial charge < -0.3 is 5.32 Å². The van der Waals surface area contributed by atoms with E-state index in [9.17, 15) is 13.2 Å². The van der Waals surface area contributed by atoms with E-state index in [4.69, 9.17) is 0 Å². The second-order valence-corrected chi connectivity index (χ2v) is 8.52. The monoisotopic (exact) mass is 432 g/mol. The summed E-state index contributed by atoms with van der Waals surface area (Å²) in [7, 11) is -3.73. The van der Waals surface area contributed by atoms with Crippen LogP contribution in [0.1, 0.15) is 10.5 Å². The molecule has 154 valence electrons. The summed E-state index contributed by atoms with van der Waals surface area (Å²) in [5.41, 5.74) is 2.70. The number of carbonyl (C=O) groups is 1. The maximum absolute atomic E-state index is 12.8. The third kappa shape index (κ3) is 3.49. The number of hydrogen-bond donors (Lipinski definition) is 4. The highest BCUT2D eigenvalue weighted by molar-refractivity contribution is 7.92. The molecule has 31 heavy (non-hydrogen) atoms. The topological polar surface area (TPSA) is 133 Å². The highest BCUT2D eigenvalue weighted by Gasteiger charge is 2.17. The molecule has 0 aliphatic rings. The molecule has 0 saturated heterocycles. The summed E-state index contributed by atoms with van der Waals surface area (Å²) >= 11 is 0. The molecule has 0 fully saturated rings. The summed E-state index contributed by atoms with van der Waals surface area (Å²) in [4.78, 5) is 12.8. The number of aromatic amines is 2. The van der Waals surface area contributed by atoms with E-state index >= 15 is 0 Å². The van der Waals surface area contributed by atoms with Crippen molar-refractivity contribution in [2.24, 2.45) is 0 Å². The van der Waals surface area contributed by atoms with E-state index in [0.717, 1.165) is 10.9 Å². The van der Waals surface area contributed by atoms with Crippen LogP contribution in [0, 0.1) is 0 Å². The third-order valence-corrected chi connectivity index (χ3v) is 6.22. The fourth-order valence-corrected chi connectivity index (χ4v) is 4.36. The third-order valence-electron chi connectivity index (χ3n) is 4.82. The van der Waals surface area contributed by atoms with Gasteiger partial charge in [-0.15, -0.1) is 0 Å². The van der Waals surface area contributed by atoms with Gasteiger partial charge in [0, 0.05) is 22.1 Å². The number of nitrogens with zero attached hydrogens (tertiary/aromatic N) is 2. The normalized spacial score (nSPS) is 11.6. The molecular formula is C21H16N6O3S. The predicted octanol–water partition coefficient (Wildman–Crippen LogP) is 3.49. The molecule has 0 spiro atoms. The first-order valence-electron chi connectivity index (χ1n) is 9.31. The molecule has 0 aliphatic heterocycles. The number of benzene rings is 3. The van der Waals surface area contributed by atoms with Gasteiger partial charge in [0.2, 0.25) is 0 Å². The van der Waals surface area contributed by atoms with Crippen molar-refractivity contribution in [1.82, 2.24) is 20.4 Å². The summed E-state index contributed by atoms with van der Waals surface area (Å²) in [6, 6.07) is 18.2. The van der Waals surface area contributed by atoms with Crippen molar-refractivity contribution >= 4 is 49.1 Å². The molecule has 5 aromatic rings. The zero-order valence-electron chi connectivity index (χ0n) is 16.0. The van der Waals surface area contributed by atoms with Gasteiger partial charge in [0.25, 0.3) is 15.9 Å². The number of fused-ring (bicyclic) bond motifs is 3. The zero-order chi connectivity index (χ0) is 21.4. The lowest BCUT2D eigenvalue weighted by Crippen LogP contribution is -2.14. The lowest BCUT2D eigenvalue weighted by molar-refractivity contribution is 0.102. The number of anilines is 2. The van der Waals surface area contributed by atoms with Crippen LogP contribution in [0.3, 0.4) is 0 Å². The van der Waals surface area contributed by atoms with Crippen LogP contribution >= 0.6 is 0 Å². The van der Waals surface area contributed by atoms with E-state index in [-0.39, 0.29) is 10.8 Å². The van der Waals surface area contributed by atoms with E-state index < -0.39 is 10.0 Å². The van der Waals surface area contributed by atoms with E-state index in [2.05, 4.69) is 30.4 Å². The van der Waals surface area contributed by atoms with E-state index in [1.54, 1.807) is 42.6 Å². The van der Waals surface area contributed by atoms with E-state index in [1.807, 2.05) is 6.07 Å². The van der Waals surface area contributed by atoms with Gasteiger partial charge in [-0.05, 0) is 48.5 Å². The minimum atomic E-state index is -3.73. The molecule has 2 heterocycles. The van der Waals surface area contributed by atoms with Gasteiger partial charge in [0.15, 0.2) is 0 Å². The fourth-order valence-electron chi connectivity index (χ4n) is 3.30. The smallest absolute Gasteiger partial charge is 0.274 e. The van der Waals surface area contributed by atoms with Crippen molar-refractivity contribution in [1.29, 1.82) is 0 Å². The molecule has 10 heteroatoms. The summed E-state index contributed by atoms with van der Waals surface area (Å²) in [5.74, 6) is -0.386. The lowest BCUT2D eigenvalue weighted by atomic mass is 10.1. The van der Waals surface area contributed by atoms with Crippen LogP contribution in [0.25, 0.3) is 21.8 Å². The number of sulfonamides is 1. The first kappa shape index (κ1) is 18.8. The van der Waals surface area contributed by atoms with Crippen molar-refractivity contribution in [3.05, 3.63) is 78.6 Å². The molecule has 0 unspecified atom stereocenters. The zero-order valence-corrected chi connectivity index (χ0v) is 16.8. The molecule has 1 amide bonds.